The number of carbonyl (C=O) groups excluding carboxylic acids is 1. The van der Waals surface area contributed by atoms with Crippen molar-refractivity contribution >= 4 is 27.3 Å². The number of benzene rings is 2. The number of rotatable bonds is 6. The van der Waals surface area contributed by atoms with E-state index in [0.717, 1.165) is 72.4 Å². The van der Waals surface area contributed by atoms with Gasteiger partial charge in [-0.2, -0.15) is 0 Å². The van der Waals surface area contributed by atoms with Crippen molar-refractivity contribution in [3.8, 4) is 11.4 Å². The quantitative estimate of drug-likeness (QED) is 0.526. The number of sulfone groups is 1. The van der Waals surface area contributed by atoms with Crippen LogP contribution in [0.3, 0.4) is 0 Å². The lowest BCUT2D eigenvalue weighted by Crippen LogP contribution is -2.43. The van der Waals surface area contributed by atoms with Gasteiger partial charge in [-0.3, -0.25) is 4.79 Å². The molecule has 0 saturated heterocycles. The normalized spacial score (nSPS) is 16.4. The van der Waals surface area contributed by atoms with Crippen LogP contribution in [0, 0.1) is 0 Å². The zero-order chi connectivity index (χ0) is 23.9. The van der Waals surface area contributed by atoms with E-state index in [1.807, 2.05) is 24.3 Å². The van der Waals surface area contributed by atoms with Gasteiger partial charge in [0.2, 0.25) is 0 Å². The van der Waals surface area contributed by atoms with Gasteiger partial charge in [0.15, 0.2) is 15.7 Å². The molecule has 0 bridgehead atoms. The monoisotopic (exact) mass is 477 g/mol. The van der Waals surface area contributed by atoms with Crippen LogP contribution in [-0.4, -0.2) is 37.7 Å². The van der Waals surface area contributed by atoms with Crippen LogP contribution in [0.5, 0.6) is 0 Å². The molecule has 5 rings (SSSR count). The lowest BCUT2D eigenvalue weighted by Gasteiger charge is -2.39. The van der Waals surface area contributed by atoms with E-state index in [-0.39, 0.29) is 10.9 Å². The molecule has 2 aliphatic carbocycles. The fourth-order valence-corrected chi connectivity index (χ4v) is 5.49. The average molecular weight is 478 g/mol. The van der Waals surface area contributed by atoms with Crippen LogP contribution in [0.15, 0.2) is 53.4 Å². The second-order valence-electron chi connectivity index (χ2n) is 9.10. The Labute approximate surface area is 199 Å². The molecule has 1 heterocycles. The fourth-order valence-electron chi connectivity index (χ4n) is 4.86. The summed E-state index contributed by atoms with van der Waals surface area (Å²) in [6, 6.07) is 14.6. The number of carbonyl (C=O) groups is 1. The molecular formula is C26H27N3O4S. The van der Waals surface area contributed by atoms with E-state index in [1.165, 1.54) is 13.4 Å². The van der Waals surface area contributed by atoms with Gasteiger partial charge < -0.3 is 10.1 Å². The first-order chi connectivity index (χ1) is 16.3. The highest BCUT2D eigenvalue weighted by atomic mass is 32.2. The van der Waals surface area contributed by atoms with Gasteiger partial charge in [-0.1, -0.05) is 18.6 Å². The largest absolute Gasteiger partial charge is 0.468 e. The minimum atomic E-state index is -3.26. The van der Waals surface area contributed by atoms with Crippen molar-refractivity contribution in [1.82, 2.24) is 9.97 Å². The number of nitrogens with one attached hydrogen (secondary N) is 1. The number of hydrogen-bond acceptors (Lipinski definition) is 7. The SMILES string of the molecule is COC(=O)C1(c2ccc(Nc3nc(-c4ccc(S(C)(=O)=O)cc4)nc4c3CCC4)cc2)CCC1. The summed E-state index contributed by atoms with van der Waals surface area (Å²) in [5, 5.41) is 3.44. The van der Waals surface area contributed by atoms with Crippen LogP contribution >= 0.6 is 0 Å². The number of methoxy groups -OCH3 is 1. The van der Waals surface area contributed by atoms with E-state index in [4.69, 9.17) is 14.7 Å². The Hall–Kier alpha value is -3.26. The van der Waals surface area contributed by atoms with Crippen LogP contribution in [0.4, 0.5) is 11.5 Å². The molecule has 7 nitrogen and oxygen atoms in total. The van der Waals surface area contributed by atoms with Gasteiger partial charge >= 0.3 is 5.97 Å². The Morgan fingerprint density at radius 3 is 2.26 bits per heavy atom. The van der Waals surface area contributed by atoms with Crippen molar-refractivity contribution in [2.45, 2.75) is 48.8 Å². The lowest BCUT2D eigenvalue weighted by molar-refractivity contribution is -0.151. The Kier molecular flexibility index (Phi) is 5.64. The molecular weight excluding hydrogens is 450 g/mol. The molecule has 34 heavy (non-hydrogen) atoms. The summed E-state index contributed by atoms with van der Waals surface area (Å²) in [4.78, 5) is 22.2. The first-order valence-electron chi connectivity index (χ1n) is 11.5. The summed E-state index contributed by atoms with van der Waals surface area (Å²) in [6.45, 7) is 0. The Balaban J connectivity index is 1.44. The van der Waals surface area contributed by atoms with Gasteiger partial charge in [-0.25, -0.2) is 18.4 Å². The zero-order valence-electron chi connectivity index (χ0n) is 19.3. The molecule has 1 fully saturated rings. The van der Waals surface area contributed by atoms with E-state index in [1.54, 1.807) is 24.3 Å². The molecule has 1 saturated carbocycles. The molecule has 0 unspecified atom stereocenters. The molecule has 0 spiro atoms. The predicted octanol–water partition coefficient (Wildman–Crippen LogP) is 4.37. The molecule has 2 aromatic carbocycles. The molecule has 2 aliphatic rings. The molecule has 1 N–H and O–H groups in total. The number of anilines is 2. The zero-order valence-corrected chi connectivity index (χ0v) is 20.1. The first kappa shape index (κ1) is 22.5. The highest BCUT2D eigenvalue weighted by Gasteiger charge is 2.46. The van der Waals surface area contributed by atoms with Gasteiger partial charge in [0.1, 0.15) is 5.82 Å². The van der Waals surface area contributed by atoms with E-state index >= 15 is 0 Å². The van der Waals surface area contributed by atoms with Crippen LogP contribution in [-0.2, 0) is 37.6 Å². The minimum Gasteiger partial charge on any atom is -0.468 e. The van der Waals surface area contributed by atoms with E-state index in [9.17, 15) is 13.2 Å². The van der Waals surface area contributed by atoms with Crippen LogP contribution in [0.2, 0.25) is 0 Å². The number of aromatic nitrogens is 2. The van der Waals surface area contributed by atoms with Crippen molar-refractivity contribution in [3.63, 3.8) is 0 Å². The Morgan fingerprint density at radius 2 is 1.68 bits per heavy atom. The number of aryl methyl sites for hydroxylation is 1. The molecule has 0 amide bonds. The molecule has 176 valence electrons. The lowest BCUT2D eigenvalue weighted by atomic mass is 9.64. The highest BCUT2D eigenvalue weighted by molar-refractivity contribution is 7.90. The Morgan fingerprint density at radius 1 is 0.971 bits per heavy atom. The smallest absolute Gasteiger partial charge is 0.316 e. The fraction of sp³-hybridized carbons (Fsp3) is 0.346. The van der Waals surface area contributed by atoms with E-state index in [0.29, 0.717) is 5.82 Å². The summed E-state index contributed by atoms with van der Waals surface area (Å²) < 4.78 is 28.6. The standard InChI is InChI=1S/C26H27N3O4S/c1-33-25(30)26(15-4-16-26)18-9-11-19(12-10-18)27-24-21-5-3-6-22(21)28-23(29-24)17-7-13-20(14-8-17)34(2,31)32/h7-14H,3-6,15-16H2,1-2H3,(H,27,28,29). The summed E-state index contributed by atoms with van der Waals surface area (Å²) in [6.07, 6.45) is 6.67. The van der Waals surface area contributed by atoms with Gasteiger partial charge in [0.05, 0.1) is 17.4 Å². The summed E-state index contributed by atoms with van der Waals surface area (Å²) in [5.74, 6) is 1.17. The summed E-state index contributed by atoms with van der Waals surface area (Å²) in [7, 11) is -1.82. The van der Waals surface area contributed by atoms with Crippen molar-refractivity contribution in [1.29, 1.82) is 0 Å². The molecule has 1 aromatic heterocycles. The molecule has 8 heteroatoms. The van der Waals surface area contributed by atoms with Crippen molar-refractivity contribution < 1.29 is 17.9 Å². The average Bonchev–Trinajstić information content (AvgIpc) is 3.28. The highest BCUT2D eigenvalue weighted by Crippen LogP contribution is 2.45. The molecule has 0 radical (unpaired) electrons. The van der Waals surface area contributed by atoms with Crippen LogP contribution in [0.1, 0.15) is 42.5 Å². The summed E-state index contributed by atoms with van der Waals surface area (Å²) >= 11 is 0. The molecule has 0 atom stereocenters. The third-order valence-electron chi connectivity index (χ3n) is 6.96. The van der Waals surface area contributed by atoms with Crippen LogP contribution in [0.25, 0.3) is 11.4 Å². The topological polar surface area (TPSA) is 98.2 Å². The number of ether oxygens (including phenoxy) is 1. The second-order valence-corrected chi connectivity index (χ2v) is 11.1. The maximum absolute atomic E-state index is 12.4. The minimum absolute atomic E-state index is 0.167. The Bertz CT molecular complexity index is 1350. The van der Waals surface area contributed by atoms with E-state index < -0.39 is 15.3 Å². The third kappa shape index (κ3) is 3.96. The van der Waals surface area contributed by atoms with Crippen LogP contribution < -0.4 is 5.32 Å². The van der Waals surface area contributed by atoms with Gasteiger partial charge in [-0.15, -0.1) is 0 Å². The van der Waals surface area contributed by atoms with Crippen molar-refractivity contribution in [2.75, 3.05) is 18.7 Å². The van der Waals surface area contributed by atoms with Crippen molar-refractivity contribution in [2.24, 2.45) is 0 Å². The van der Waals surface area contributed by atoms with Gasteiger partial charge in [0, 0.05) is 28.8 Å². The number of fused-ring (bicyclic) bond motifs is 1. The third-order valence-corrected chi connectivity index (χ3v) is 8.09. The van der Waals surface area contributed by atoms with Crippen molar-refractivity contribution in [3.05, 3.63) is 65.4 Å². The second kappa shape index (κ2) is 8.51. The van der Waals surface area contributed by atoms with E-state index in [2.05, 4.69) is 5.32 Å². The predicted molar refractivity (Wildman–Crippen MR) is 130 cm³/mol. The maximum Gasteiger partial charge on any atom is 0.316 e. The first-order valence-corrected chi connectivity index (χ1v) is 13.4. The van der Waals surface area contributed by atoms with Gasteiger partial charge in [0.25, 0.3) is 0 Å². The number of esters is 1. The number of nitrogens with zero attached hydrogens (tertiary/aromatic N) is 2. The maximum atomic E-state index is 12.4. The van der Waals surface area contributed by atoms with Gasteiger partial charge in [-0.05, 0) is 74.1 Å². The molecule has 3 aromatic rings. The summed E-state index contributed by atoms with van der Waals surface area (Å²) in [5.41, 5.74) is 4.26. The number of hydrogen-bond donors (Lipinski definition) is 1. The molecule has 0 aliphatic heterocycles.